The summed E-state index contributed by atoms with van der Waals surface area (Å²) in [5.74, 6) is -0.216. The molecule has 1 aromatic heterocycles. The van der Waals surface area contributed by atoms with E-state index in [1.165, 1.54) is 5.56 Å². The van der Waals surface area contributed by atoms with Gasteiger partial charge in [0.15, 0.2) is 0 Å². The highest BCUT2D eigenvalue weighted by molar-refractivity contribution is 6.06. The molecule has 0 saturated carbocycles. The number of phenolic OH excluding ortho intramolecular Hbond substituents is 1. The van der Waals surface area contributed by atoms with Crippen molar-refractivity contribution in [3.05, 3.63) is 64.8 Å². The predicted octanol–water partition coefficient (Wildman–Crippen LogP) is 5.18. The Morgan fingerprint density at radius 3 is 2.37 bits per heavy atom. The number of benzene rings is 2. The molecule has 4 heteroatoms. The van der Waals surface area contributed by atoms with Crippen LogP contribution in [-0.4, -0.2) is 22.2 Å². The Bertz CT molecular complexity index is 976. The van der Waals surface area contributed by atoms with E-state index in [9.17, 15) is 9.90 Å². The van der Waals surface area contributed by atoms with Crippen LogP contribution in [-0.2, 0) is 16.7 Å². The summed E-state index contributed by atoms with van der Waals surface area (Å²) in [6, 6.07) is 13.7. The Labute approximate surface area is 160 Å². The SMILES string of the molecule is CCOC(=O)c1c(C)n(Cc2ccc(C(C)(C)C)cc2)c2ccc(O)cc12. The minimum Gasteiger partial charge on any atom is -0.508 e. The normalized spacial score (nSPS) is 11.7. The van der Waals surface area contributed by atoms with Gasteiger partial charge in [-0.05, 0) is 48.6 Å². The van der Waals surface area contributed by atoms with Gasteiger partial charge in [-0.2, -0.15) is 0 Å². The summed E-state index contributed by atoms with van der Waals surface area (Å²) in [4.78, 5) is 12.5. The van der Waals surface area contributed by atoms with Crippen molar-refractivity contribution in [2.75, 3.05) is 6.61 Å². The lowest BCUT2D eigenvalue weighted by Gasteiger charge is -2.19. The molecule has 3 rings (SSSR count). The van der Waals surface area contributed by atoms with E-state index >= 15 is 0 Å². The first kappa shape index (κ1) is 19.0. The van der Waals surface area contributed by atoms with Crippen LogP contribution in [0.2, 0.25) is 0 Å². The first-order valence-electron chi connectivity index (χ1n) is 9.30. The van der Waals surface area contributed by atoms with Crippen molar-refractivity contribution in [2.24, 2.45) is 0 Å². The van der Waals surface area contributed by atoms with E-state index in [1.54, 1.807) is 19.1 Å². The maximum absolute atomic E-state index is 12.5. The summed E-state index contributed by atoms with van der Waals surface area (Å²) in [5, 5.41) is 10.6. The number of esters is 1. The summed E-state index contributed by atoms with van der Waals surface area (Å²) < 4.78 is 7.34. The molecule has 0 radical (unpaired) electrons. The molecule has 0 aliphatic rings. The number of fused-ring (bicyclic) bond motifs is 1. The Hall–Kier alpha value is -2.75. The average molecular weight is 365 g/mol. The van der Waals surface area contributed by atoms with Crippen LogP contribution >= 0.6 is 0 Å². The quantitative estimate of drug-likeness (QED) is 0.648. The summed E-state index contributed by atoms with van der Waals surface area (Å²) in [6.07, 6.45) is 0. The molecule has 2 aromatic carbocycles. The third-order valence-electron chi connectivity index (χ3n) is 4.95. The van der Waals surface area contributed by atoms with Crippen molar-refractivity contribution in [2.45, 2.75) is 46.6 Å². The molecule has 27 heavy (non-hydrogen) atoms. The number of nitrogens with zero attached hydrogens (tertiary/aromatic N) is 1. The fourth-order valence-corrected chi connectivity index (χ4v) is 3.43. The highest BCUT2D eigenvalue weighted by atomic mass is 16.5. The van der Waals surface area contributed by atoms with Crippen LogP contribution in [0.3, 0.4) is 0 Å². The maximum Gasteiger partial charge on any atom is 0.340 e. The molecular weight excluding hydrogens is 338 g/mol. The van der Waals surface area contributed by atoms with Crippen molar-refractivity contribution in [1.29, 1.82) is 0 Å². The molecule has 142 valence electrons. The molecule has 0 atom stereocenters. The average Bonchev–Trinajstić information content (AvgIpc) is 2.86. The summed E-state index contributed by atoms with van der Waals surface area (Å²) in [7, 11) is 0. The van der Waals surface area contributed by atoms with E-state index in [0.29, 0.717) is 18.7 Å². The second-order valence-electron chi connectivity index (χ2n) is 7.92. The number of rotatable bonds is 4. The Morgan fingerprint density at radius 1 is 1.11 bits per heavy atom. The lowest BCUT2D eigenvalue weighted by Crippen LogP contribution is -2.11. The largest absolute Gasteiger partial charge is 0.508 e. The van der Waals surface area contributed by atoms with Crippen LogP contribution < -0.4 is 0 Å². The Morgan fingerprint density at radius 2 is 1.78 bits per heavy atom. The summed E-state index contributed by atoms with van der Waals surface area (Å²) in [6.45, 7) is 11.3. The number of carbonyl (C=O) groups is 1. The lowest BCUT2D eigenvalue weighted by molar-refractivity contribution is 0.0527. The van der Waals surface area contributed by atoms with Gasteiger partial charge in [-0.15, -0.1) is 0 Å². The molecule has 3 aromatic rings. The van der Waals surface area contributed by atoms with Crippen molar-refractivity contribution >= 4 is 16.9 Å². The van der Waals surface area contributed by atoms with E-state index in [0.717, 1.165) is 22.2 Å². The van der Waals surface area contributed by atoms with E-state index in [2.05, 4.69) is 49.6 Å². The molecule has 0 saturated heterocycles. The van der Waals surface area contributed by atoms with Gasteiger partial charge >= 0.3 is 5.97 Å². The zero-order chi connectivity index (χ0) is 19.8. The summed E-state index contributed by atoms with van der Waals surface area (Å²) in [5.41, 5.74) is 4.84. The fourth-order valence-electron chi connectivity index (χ4n) is 3.43. The molecule has 0 bridgehead atoms. The third-order valence-corrected chi connectivity index (χ3v) is 4.95. The smallest absolute Gasteiger partial charge is 0.340 e. The molecule has 0 fully saturated rings. The lowest BCUT2D eigenvalue weighted by atomic mass is 9.87. The number of carbonyl (C=O) groups excluding carboxylic acids is 1. The minimum atomic E-state index is -0.354. The summed E-state index contributed by atoms with van der Waals surface area (Å²) >= 11 is 0. The van der Waals surface area contributed by atoms with E-state index in [1.807, 2.05) is 13.0 Å². The van der Waals surface area contributed by atoms with Crippen LogP contribution in [0, 0.1) is 6.92 Å². The molecule has 0 amide bonds. The molecule has 0 unspecified atom stereocenters. The number of aromatic hydroxyl groups is 1. The molecular formula is C23H27NO3. The van der Waals surface area contributed by atoms with Crippen LogP contribution in [0.25, 0.3) is 10.9 Å². The van der Waals surface area contributed by atoms with Crippen LogP contribution in [0.15, 0.2) is 42.5 Å². The van der Waals surface area contributed by atoms with Gasteiger partial charge in [-0.1, -0.05) is 45.0 Å². The monoisotopic (exact) mass is 365 g/mol. The topological polar surface area (TPSA) is 51.5 Å². The molecule has 0 spiro atoms. The number of hydrogen-bond acceptors (Lipinski definition) is 3. The van der Waals surface area contributed by atoms with Gasteiger partial charge in [-0.3, -0.25) is 0 Å². The first-order chi connectivity index (χ1) is 12.7. The van der Waals surface area contributed by atoms with Crippen molar-refractivity contribution in [1.82, 2.24) is 4.57 Å². The van der Waals surface area contributed by atoms with Crippen molar-refractivity contribution < 1.29 is 14.6 Å². The molecule has 1 N–H and O–H groups in total. The number of aromatic nitrogens is 1. The molecule has 4 nitrogen and oxygen atoms in total. The van der Waals surface area contributed by atoms with E-state index in [-0.39, 0.29) is 17.1 Å². The number of phenols is 1. The van der Waals surface area contributed by atoms with Gasteiger partial charge in [0.25, 0.3) is 0 Å². The standard InChI is InChI=1S/C23H27NO3/c1-6-27-22(26)21-15(2)24(20-12-11-18(25)13-19(20)21)14-16-7-9-17(10-8-16)23(3,4)5/h7-13,25H,6,14H2,1-5H3. The van der Waals surface area contributed by atoms with Gasteiger partial charge in [-0.25, -0.2) is 4.79 Å². The van der Waals surface area contributed by atoms with Gasteiger partial charge in [0.1, 0.15) is 5.75 Å². The number of ether oxygens (including phenoxy) is 1. The highest BCUT2D eigenvalue weighted by Crippen LogP contribution is 2.31. The van der Waals surface area contributed by atoms with Gasteiger partial charge in [0, 0.05) is 23.1 Å². The zero-order valence-corrected chi connectivity index (χ0v) is 16.7. The Kier molecular flexibility index (Phi) is 5.01. The zero-order valence-electron chi connectivity index (χ0n) is 16.7. The van der Waals surface area contributed by atoms with Crippen molar-refractivity contribution in [3.63, 3.8) is 0 Å². The van der Waals surface area contributed by atoms with E-state index in [4.69, 9.17) is 4.74 Å². The van der Waals surface area contributed by atoms with Crippen LogP contribution in [0.1, 0.15) is 54.9 Å². The minimum absolute atomic E-state index is 0.114. The Balaban J connectivity index is 2.06. The molecule has 1 heterocycles. The molecule has 0 aliphatic heterocycles. The third kappa shape index (κ3) is 3.70. The van der Waals surface area contributed by atoms with E-state index < -0.39 is 0 Å². The predicted molar refractivity (Wildman–Crippen MR) is 109 cm³/mol. The first-order valence-corrected chi connectivity index (χ1v) is 9.30. The van der Waals surface area contributed by atoms with Gasteiger partial charge in [0.05, 0.1) is 12.2 Å². The van der Waals surface area contributed by atoms with Crippen LogP contribution in [0.4, 0.5) is 0 Å². The van der Waals surface area contributed by atoms with Crippen molar-refractivity contribution in [3.8, 4) is 5.75 Å². The fraction of sp³-hybridized carbons (Fsp3) is 0.348. The molecule has 0 aliphatic carbocycles. The van der Waals surface area contributed by atoms with Gasteiger partial charge in [0.2, 0.25) is 0 Å². The van der Waals surface area contributed by atoms with Gasteiger partial charge < -0.3 is 14.4 Å². The highest BCUT2D eigenvalue weighted by Gasteiger charge is 2.21. The second kappa shape index (κ2) is 7.10. The second-order valence-corrected chi connectivity index (χ2v) is 7.92. The maximum atomic E-state index is 12.5. The number of hydrogen-bond donors (Lipinski definition) is 1. The van der Waals surface area contributed by atoms with Crippen LogP contribution in [0.5, 0.6) is 5.75 Å².